The molecule has 0 saturated heterocycles. The van der Waals surface area contributed by atoms with Gasteiger partial charge in [0, 0.05) is 18.6 Å². The maximum absolute atomic E-state index is 13.1. The SMILES string of the molecule is COC1CC(Nc2nc3ccc(F)cc3s2)C1(C)C. The molecule has 3 rings (SSSR count). The smallest absolute Gasteiger partial charge is 0.184 e. The highest BCUT2D eigenvalue weighted by molar-refractivity contribution is 7.22. The third-order valence-corrected chi connectivity index (χ3v) is 5.06. The fourth-order valence-electron chi connectivity index (χ4n) is 2.64. The van der Waals surface area contributed by atoms with Crippen LogP contribution in [0, 0.1) is 11.2 Å². The van der Waals surface area contributed by atoms with E-state index in [9.17, 15) is 4.39 Å². The Balaban J connectivity index is 1.79. The highest BCUT2D eigenvalue weighted by Crippen LogP contribution is 2.44. The maximum atomic E-state index is 13.1. The van der Waals surface area contributed by atoms with Gasteiger partial charge >= 0.3 is 0 Å². The molecule has 1 saturated carbocycles. The monoisotopic (exact) mass is 280 g/mol. The quantitative estimate of drug-likeness (QED) is 0.931. The van der Waals surface area contributed by atoms with Crippen molar-refractivity contribution in [1.82, 2.24) is 4.98 Å². The zero-order valence-electron chi connectivity index (χ0n) is 11.2. The standard InChI is InChI=1S/C14H17FN2OS/c1-14(2)11(7-12(14)18-3)17-13-16-9-5-4-8(15)6-10(9)19-13/h4-6,11-12H,7H2,1-3H3,(H,16,17). The number of anilines is 1. The largest absolute Gasteiger partial charge is 0.381 e. The second-order valence-electron chi connectivity index (χ2n) is 5.61. The summed E-state index contributed by atoms with van der Waals surface area (Å²) in [6, 6.07) is 5.04. The van der Waals surface area contributed by atoms with E-state index in [0.717, 1.165) is 21.8 Å². The summed E-state index contributed by atoms with van der Waals surface area (Å²) in [5.41, 5.74) is 0.937. The number of halogens is 1. The van der Waals surface area contributed by atoms with Crippen molar-refractivity contribution < 1.29 is 9.13 Å². The summed E-state index contributed by atoms with van der Waals surface area (Å²) in [4.78, 5) is 4.49. The van der Waals surface area contributed by atoms with Gasteiger partial charge in [-0.15, -0.1) is 0 Å². The van der Waals surface area contributed by atoms with Gasteiger partial charge in [0.25, 0.3) is 0 Å². The lowest BCUT2D eigenvalue weighted by atomic mass is 9.64. The Morgan fingerprint density at radius 2 is 2.26 bits per heavy atom. The van der Waals surface area contributed by atoms with Crippen LogP contribution in [0.25, 0.3) is 10.2 Å². The van der Waals surface area contributed by atoms with E-state index in [-0.39, 0.29) is 17.3 Å². The molecule has 3 nitrogen and oxygen atoms in total. The van der Waals surface area contributed by atoms with Crippen LogP contribution < -0.4 is 5.32 Å². The molecule has 0 amide bonds. The summed E-state index contributed by atoms with van der Waals surface area (Å²) >= 11 is 1.50. The summed E-state index contributed by atoms with van der Waals surface area (Å²) in [7, 11) is 1.75. The van der Waals surface area contributed by atoms with Gasteiger partial charge in [-0.3, -0.25) is 0 Å². The third-order valence-electron chi connectivity index (χ3n) is 4.11. The van der Waals surface area contributed by atoms with Crippen molar-refractivity contribution >= 4 is 26.7 Å². The molecule has 1 heterocycles. The number of aromatic nitrogens is 1. The van der Waals surface area contributed by atoms with Crippen LogP contribution >= 0.6 is 11.3 Å². The minimum absolute atomic E-state index is 0.0951. The van der Waals surface area contributed by atoms with Crippen LogP contribution in [-0.4, -0.2) is 24.2 Å². The number of methoxy groups -OCH3 is 1. The predicted molar refractivity (Wildman–Crippen MR) is 76.2 cm³/mol. The number of rotatable bonds is 3. The van der Waals surface area contributed by atoms with Gasteiger partial charge in [0.15, 0.2) is 5.13 Å². The first kappa shape index (κ1) is 12.8. The molecule has 2 atom stereocenters. The van der Waals surface area contributed by atoms with Crippen LogP contribution in [0.15, 0.2) is 18.2 Å². The van der Waals surface area contributed by atoms with Crippen LogP contribution in [0.4, 0.5) is 9.52 Å². The molecular formula is C14H17FN2OS. The van der Waals surface area contributed by atoms with Gasteiger partial charge in [0.2, 0.25) is 0 Å². The molecule has 1 aromatic carbocycles. The Morgan fingerprint density at radius 3 is 2.95 bits per heavy atom. The molecule has 1 aromatic heterocycles. The van der Waals surface area contributed by atoms with E-state index in [4.69, 9.17) is 4.74 Å². The van der Waals surface area contributed by atoms with Crippen LogP contribution in [0.3, 0.4) is 0 Å². The van der Waals surface area contributed by atoms with Crippen molar-refractivity contribution in [1.29, 1.82) is 0 Å². The van der Waals surface area contributed by atoms with Crippen molar-refractivity contribution in [2.24, 2.45) is 5.41 Å². The van der Waals surface area contributed by atoms with Crippen LogP contribution in [0.2, 0.25) is 0 Å². The van der Waals surface area contributed by atoms with E-state index < -0.39 is 0 Å². The molecular weight excluding hydrogens is 263 g/mol. The van der Waals surface area contributed by atoms with E-state index >= 15 is 0 Å². The van der Waals surface area contributed by atoms with E-state index in [1.807, 2.05) is 0 Å². The Labute approximate surface area is 115 Å². The maximum Gasteiger partial charge on any atom is 0.184 e. The van der Waals surface area contributed by atoms with Gasteiger partial charge in [0.05, 0.1) is 16.3 Å². The molecule has 1 fully saturated rings. The van der Waals surface area contributed by atoms with Crippen LogP contribution in [0.1, 0.15) is 20.3 Å². The zero-order chi connectivity index (χ0) is 13.6. The number of nitrogens with zero attached hydrogens (tertiary/aromatic N) is 1. The van der Waals surface area contributed by atoms with Crippen molar-refractivity contribution in [2.45, 2.75) is 32.4 Å². The van der Waals surface area contributed by atoms with Crippen LogP contribution in [-0.2, 0) is 4.74 Å². The number of fused-ring (bicyclic) bond motifs is 1. The number of hydrogen-bond acceptors (Lipinski definition) is 4. The summed E-state index contributed by atoms with van der Waals surface area (Å²) in [5.74, 6) is -0.217. The average Bonchev–Trinajstić information content (AvgIpc) is 2.75. The molecule has 0 spiro atoms. The van der Waals surface area contributed by atoms with E-state index in [1.165, 1.54) is 23.5 Å². The van der Waals surface area contributed by atoms with Gasteiger partial charge in [0.1, 0.15) is 5.82 Å². The summed E-state index contributed by atoms with van der Waals surface area (Å²) in [6.45, 7) is 4.38. The lowest BCUT2D eigenvalue weighted by Gasteiger charge is -2.51. The predicted octanol–water partition coefficient (Wildman–Crippen LogP) is 3.66. The van der Waals surface area contributed by atoms with Crippen molar-refractivity contribution in [3.63, 3.8) is 0 Å². The molecule has 102 valence electrons. The first-order chi connectivity index (χ1) is 9.00. The van der Waals surface area contributed by atoms with E-state index in [0.29, 0.717) is 6.04 Å². The molecule has 0 bridgehead atoms. The van der Waals surface area contributed by atoms with E-state index in [2.05, 4.69) is 24.1 Å². The average molecular weight is 280 g/mol. The Kier molecular flexibility index (Phi) is 2.98. The van der Waals surface area contributed by atoms with Gasteiger partial charge < -0.3 is 10.1 Å². The molecule has 1 aliphatic rings. The lowest BCUT2D eigenvalue weighted by Crippen LogP contribution is -2.57. The van der Waals surface area contributed by atoms with Crippen molar-refractivity contribution in [3.8, 4) is 0 Å². The van der Waals surface area contributed by atoms with Crippen molar-refractivity contribution in [3.05, 3.63) is 24.0 Å². The molecule has 5 heteroatoms. The molecule has 0 radical (unpaired) electrons. The van der Waals surface area contributed by atoms with Crippen LogP contribution in [0.5, 0.6) is 0 Å². The molecule has 0 aliphatic heterocycles. The Hall–Kier alpha value is -1.20. The minimum atomic E-state index is -0.217. The summed E-state index contributed by atoms with van der Waals surface area (Å²) in [6.07, 6.45) is 1.27. The molecule has 1 aliphatic carbocycles. The topological polar surface area (TPSA) is 34.1 Å². The molecule has 2 unspecified atom stereocenters. The second-order valence-corrected chi connectivity index (χ2v) is 6.64. The van der Waals surface area contributed by atoms with E-state index in [1.54, 1.807) is 13.2 Å². The Bertz CT molecular complexity index is 611. The number of benzene rings is 1. The number of nitrogens with one attached hydrogen (secondary N) is 1. The van der Waals surface area contributed by atoms with Gasteiger partial charge in [-0.05, 0) is 24.6 Å². The minimum Gasteiger partial charge on any atom is -0.381 e. The first-order valence-electron chi connectivity index (χ1n) is 6.36. The Morgan fingerprint density at radius 1 is 1.47 bits per heavy atom. The van der Waals surface area contributed by atoms with Gasteiger partial charge in [-0.25, -0.2) is 9.37 Å². The zero-order valence-corrected chi connectivity index (χ0v) is 12.1. The third kappa shape index (κ3) is 2.11. The summed E-state index contributed by atoms with van der Waals surface area (Å²) in [5, 5.41) is 4.30. The number of ether oxygens (including phenoxy) is 1. The fourth-order valence-corrected chi connectivity index (χ4v) is 3.58. The molecule has 1 N–H and O–H groups in total. The second kappa shape index (κ2) is 4.42. The highest BCUT2D eigenvalue weighted by Gasteiger charge is 2.48. The number of hydrogen-bond donors (Lipinski definition) is 1. The molecule has 19 heavy (non-hydrogen) atoms. The summed E-state index contributed by atoms with van der Waals surface area (Å²) < 4.78 is 19.5. The normalized spacial score (nSPS) is 25.3. The first-order valence-corrected chi connectivity index (χ1v) is 7.18. The lowest BCUT2D eigenvalue weighted by molar-refractivity contribution is -0.0794. The fraction of sp³-hybridized carbons (Fsp3) is 0.500. The highest BCUT2D eigenvalue weighted by atomic mass is 32.1. The number of thiazole rings is 1. The van der Waals surface area contributed by atoms with Gasteiger partial charge in [-0.1, -0.05) is 25.2 Å². The molecule has 2 aromatic rings. The van der Waals surface area contributed by atoms with Crippen molar-refractivity contribution in [2.75, 3.05) is 12.4 Å². The van der Waals surface area contributed by atoms with Gasteiger partial charge in [-0.2, -0.15) is 0 Å².